The second kappa shape index (κ2) is 12.6. The lowest BCUT2D eigenvalue weighted by Crippen LogP contribution is -2.53. The monoisotopic (exact) mass is 453 g/mol. The summed E-state index contributed by atoms with van der Waals surface area (Å²) in [5.74, 6) is 1.58. The summed E-state index contributed by atoms with van der Waals surface area (Å²) in [6.07, 6.45) is 5.00. The minimum absolute atomic E-state index is 0.125. The van der Waals surface area contributed by atoms with E-state index >= 15 is 0 Å². The summed E-state index contributed by atoms with van der Waals surface area (Å²) in [5, 5.41) is 6.39. The molecule has 5 nitrogen and oxygen atoms in total. The van der Waals surface area contributed by atoms with E-state index in [0.29, 0.717) is 35.5 Å². The molecule has 1 heterocycles. The highest BCUT2D eigenvalue weighted by Crippen LogP contribution is 2.21. The molecular weight excluding hydrogens is 418 g/mol. The number of rotatable bonds is 10. The molecule has 1 saturated heterocycles. The van der Waals surface area contributed by atoms with Gasteiger partial charge in [0.15, 0.2) is 0 Å². The third-order valence-electron chi connectivity index (χ3n) is 5.89. The van der Waals surface area contributed by atoms with Gasteiger partial charge in [-0.3, -0.25) is 14.5 Å². The van der Waals surface area contributed by atoms with Crippen LogP contribution in [0.3, 0.4) is 0 Å². The molecule has 0 radical (unpaired) electrons. The van der Waals surface area contributed by atoms with Crippen molar-refractivity contribution in [1.82, 2.24) is 15.5 Å². The van der Waals surface area contributed by atoms with E-state index in [2.05, 4.69) is 36.3 Å². The maximum absolute atomic E-state index is 13.0. The van der Waals surface area contributed by atoms with E-state index in [1.165, 1.54) is 12.8 Å². The molecule has 0 aliphatic carbocycles. The van der Waals surface area contributed by atoms with Gasteiger partial charge in [-0.25, -0.2) is 0 Å². The van der Waals surface area contributed by atoms with Crippen molar-refractivity contribution < 1.29 is 9.59 Å². The maximum Gasteiger partial charge on any atom is 0.253 e. The summed E-state index contributed by atoms with van der Waals surface area (Å²) in [7, 11) is 0. The van der Waals surface area contributed by atoms with Crippen LogP contribution in [0.5, 0.6) is 0 Å². The van der Waals surface area contributed by atoms with Crippen LogP contribution in [0, 0.1) is 11.8 Å². The first-order valence-corrected chi connectivity index (χ1v) is 12.7. The first-order valence-electron chi connectivity index (χ1n) is 10.9. The van der Waals surface area contributed by atoms with Crippen LogP contribution in [0.4, 0.5) is 0 Å². The van der Waals surface area contributed by atoms with Crippen LogP contribution < -0.4 is 10.6 Å². The Morgan fingerprint density at radius 2 is 1.90 bits per heavy atom. The fourth-order valence-electron chi connectivity index (χ4n) is 3.86. The predicted octanol–water partition coefficient (Wildman–Crippen LogP) is 4.06. The lowest BCUT2D eigenvalue weighted by Gasteiger charge is -2.39. The van der Waals surface area contributed by atoms with Gasteiger partial charge in [0.1, 0.15) is 6.04 Å². The summed E-state index contributed by atoms with van der Waals surface area (Å²) < 4.78 is 0. The molecule has 2 atom stereocenters. The van der Waals surface area contributed by atoms with E-state index in [0.717, 1.165) is 24.8 Å². The van der Waals surface area contributed by atoms with Crippen molar-refractivity contribution in [2.45, 2.75) is 52.1 Å². The second-order valence-corrected chi connectivity index (χ2v) is 9.96. The molecule has 1 fully saturated rings. The maximum atomic E-state index is 13.0. The largest absolute Gasteiger partial charge is 0.353 e. The first kappa shape index (κ1) is 25.0. The molecule has 1 aromatic carbocycles. The molecule has 1 aliphatic rings. The van der Waals surface area contributed by atoms with E-state index in [1.807, 2.05) is 6.26 Å². The first-order chi connectivity index (χ1) is 14.3. The second-order valence-electron chi connectivity index (χ2n) is 8.56. The Morgan fingerprint density at radius 1 is 1.23 bits per heavy atom. The number of hydrogen-bond acceptors (Lipinski definition) is 4. The highest BCUT2D eigenvalue weighted by atomic mass is 35.5. The number of halogens is 1. The van der Waals surface area contributed by atoms with Gasteiger partial charge < -0.3 is 10.6 Å². The zero-order valence-electron chi connectivity index (χ0n) is 18.6. The van der Waals surface area contributed by atoms with Gasteiger partial charge in [0, 0.05) is 12.6 Å². The van der Waals surface area contributed by atoms with Crippen LogP contribution in [0.15, 0.2) is 24.3 Å². The van der Waals surface area contributed by atoms with Gasteiger partial charge in [-0.2, -0.15) is 11.8 Å². The van der Waals surface area contributed by atoms with Crippen molar-refractivity contribution in [2.75, 3.05) is 31.6 Å². The summed E-state index contributed by atoms with van der Waals surface area (Å²) in [6, 6.07) is 6.64. The molecule has 0 saturated carbocycles. The smallest absolute Gasteiger partial charge is 0.253 e. The number of hydrogen-bond donors (Lipinski definition) is 2. The Kier molecular flexibility index (Phi) is 10.5. The van der Waals surface area contributed by atoms with E-state index in [4.69, 9.17) is 11.6 Å². The average molecular weight is 454 g/mol. The van der Waals surface area contributed by atoms with Crippen LogP contribution in [0.1, 0.15) is 50.4 Å². The molecule has 30 heavy (non-hydrogen) atoms. The van der Waals surface area contributed by atoms with Gasteiger partial charge in [0.25, 0.3) is 5.91 Å². The standard InChI is InChI=1S/C23H36ClN3O2S/c1-16(2)21(27-12-9-17(3)10-13-27)15-25-23(29)20(11-14-30-4)26-22(28)18-7-5-6-8-19(18)24/h5-8,16-17,20-21H,9-15H2,1-4H3,(H,25,29)(H,26,28)/t20-,21-/m0/s1. The summed E-state index contributed by atoms with van der Waals surface area (Å²) in [5.41, 5.74) is 0.392. The Balaban J connectivity index is 1.99. The zero-order chi connectivity index (χ0) is 22.1. The summed E-state index contributed by atoms with van der Waals surface area (Å²) in [4.78, 5) is 28.2. The SMILES string of the molecule is CSCC[C@H](NC(=O)c1ccccc1Cl)C(=O)NC[C@@H](C(C)C)N1CCC(C)CC1. The van der Waals surface area contributed by atoms with Crippen LogP contribution in [0.25, 0.3) is 0 Å². The van der Waals surface area contributed by atoms with Gasteiger partial charge >= 0.3 is 0 Å². The highest BCUT2D eigenvalue weighted by Gasteiger charge is 2.28. The number of likely N-dealkylation sites (tertiary alicyclic amines) is 1. The normalized spacial score (nSPS) is 17.5. The van der Waals surface area contributed by atoms with E-state index < -0.39 is 6.04 Å². The third-order valence-corrected chi connectivity index (χ3v) is 6.87. The van der Waals surface area contributed by atoms with Crippen LogP contribution in [0.2, 0.25) is 5.02 Å². The Morgan fingerprint density at radius 3 is 2.50 bits per heavy atom. The number of nitrogens with zero attached hydrogens (tertiary/aromatic N) is 1. The molecule has 2 N–H and O–H groups in total. The number of benzene rings is 1. The van der Waals surface area contributed by atoms with E-state index in [-0.39, 0.29) is 11.8 Å². The van der Waals surface area contributed by atoms with Gasteiger partial charge in [-0.05, 0) is 68.3 Å². The number of amides is 2. The van der Waals surface area contributed by atoms with Crippen LogP contribution in [-0.2, 0) is 4.79 Å². The molecule has 2 rings (SSSR count). The Hall–Kier alpha value is -1.24. The quantitative estimate of drug-likeness (QED) is 0.560. The van der Waals surface area contributed by atoms with Crippen molar-refractivity contribution in [3.05, 3.63) is 34.9 Å². The molecule has 0 unspecified atom stereocenters. The van der Waals surface area contributed by atoms with Crippen LogP contribution >= 0.6 is 23.4 Å². The molecule has 1 aliphatic heterocycles. The Labute approximate surface area is 190 Å². The summed E-state index contributed by atoms with van der Waals surface area (Å²) in [6.45, 7) is 9.49. The number of piperidine rings is 1. The lowest BCUT2D eigenvalue weighted by atomic mass is 9.94. The molecule has 1 aromatic rings. The fourth-order valence-corrected chi connectivity index (χ4v) is 4.55. The number of nitrogens with one attached hydrogen (secondary N) is 2. The number of carbonyl (C=O) groups excluding carboxylic acids is 2. The fraction of sp³-hybridized carbons (Fsp3) is 0.652. The zero-order valence-corrected chi connectivity index (χ0v) is 20.2. The molecular formula is C23H36ClN3O2S. The van der Waals surface area contributed by atoms with Crippen molar-refractivity contribution in [2.24, 2.45) is 11.8 Å². The third kappa shape index (κ3) is 7.47. The molecule has 7 heteroatoms. The van der Waals surface area contributed by atoms with Crippen molar-refractivity contribution in [3.8, 4) is 0 Å². The van der Waals surface area contributed by atoms with Crippen molar-refractivity contribution >= 4 is 35.2 Å². The average Bonchev–Trinajstić information content (AvgIpc) is 2.72. The molecule has 0 bridgehead atoms. The van der Waals surface area contributed by atoms with Crippen LogP contribution in [-0.4, -0.2) is 60.4 Å². The van der Waals surface area contributed by atoms with E-state index in [9.17, 15) is 9.59 Å². The number of carbonyl (C=O) groups is 2. The van der Waals surface area contributed by atoms with Gasteiger partial charge in [0.05, 0.1) is 10.6 Å². The highest BCUT2D eigenvalue weighted by molar-refractivity contribution is 7.98. The van der Waals surface area contributed by atoms with E-state index in [1.54, 1.807) is 36.0 Å². The summed E-state index contributed by atoms with van der Waals surface area (Å²) >= 11 is 7.81. The molecule has 0 aromatic heterocycles. The molecule has 168 valence electrons. The van der Waals surface area contributed by atoms with Gasteiger partial charge in [0.2, 0.25) is 5.91 Å². The minimum atomic E-state index is -0.574. The molecule has 2 amide bonds. The molecule has 0 spiro atoms. The van der Waals surface area contributed by atoms with Crippen molar-refractivity contribution in [1.29, 1.82) is 0 Å². The topological polar surface area (TPSA) is 61.4 Å². The number of thioether (sulfide) groups is 1. The van der Waals surface area contributed by atoms with Crippen molar-refractivity contribution in [3.63, 3.8) is 0 Å². The minimum Gasteiger partial charge on any atom is -0.353 e. The Bertz CT molecular complexity index is 693. The predicted molar refractivity (Wildman–Crippen MR) is 127 cm³/mol. The lowest BCUT2D eigenvalue weighted by molar-refractivity contribution is -0.123. The van der Waals surface area contributed by atoms with Gasteiger partial charge in [-0.1, -0.05) is 44.5 Å². The van der Waals surface area contributed by atoms with Gasteiger partial charge in [-0.15, -0.1) is 0 Å².